The third kappa shape index (κ3) is 1.88. The summed E-state index contributed by atoms with van der Waals surface area (Å²) in [5.41, 5.74) is 11.2. The molecule has 18 heavy (non-hydrogen) atoms. The number of carbonyl (C=O) groups excluding carboxylic acids is 1. The van der Waals surface area contributed by atoms with Crippen LogP contribution in [0.5, 0.6) is 0 Å². The van der Waals surface area contributed by atoms with Gasteiger partial charge < -0.3 is 5.73 Å². The Balaban J connectivity index is 1.98. The molecular weight excluding hydrogens is 226 g/mol. The van der Waals surface area contributed by atoms with E-state index in [1.807, 2.05) is 24.3 Å². The highest BCUT2D eigenvalue weighted by molar-refractivity contribution is 6.07. The number of benzene rings is 1. The van der Waals surface area contributed by atoms with Gasteiger partial charge in [0.1, 0.15) is 0 Å². The van der Waals surface area contributed by atoms with Crippen LogP contribution in [-0.2, 0) is 4.79 Å². The second-order valence-corrected chi connectivity index (χ2v) is 5.10. The molecule has 1 heterocycles. The molecule has 0 spiro atoms. The largest absolute Gasteiger partial charge is 0.399 e. The van der Waals surface area contributed by atoms with Crippen LogP contribution in [0, 0.1) is 11.8 Å². The minimum atomic E-state index is 0.0763. The summed E-state index contributed by atoms with van der Waals surface area (Å²) in [6.07, 6.45) is 4.33. The topological polar surface area (TPSA) is 67.5 Å². The summed E-state index contributed by atoms with van der Waals surface area (Å²) in [5, 5.41) is 4.27. The van der Waals surface area contributed by atoms with Gasteiger partial charge in [0.25, 0.3) is 0 Å². The number of nitrogens with zero attached hydrogens (tertiary/aromatic N) is 1. The molecule has 0 saturated heterocycles. The standard InChI is InChI=1S/C14H17N3O/c15-10-5-3-4-9(8-10)13-11-6-1-2-7-12(11)14(18)17-16-13/h3-5,8,11-12H,1-2,6-7,15H2,(H,17,18). The molecule has 0 bridgehead atoms. The van der Waals surface area contributed by atoms with Crippen LogP contribution >= 0.6 is 0 Å². The van der Waals surface area contributed by atoms with Crippen molar-refractivity contribution in [2.24, 2.45) is 16.9 Å². The van der Waals surface area contributed by atoms with Crippen LogP contribution in [-0.4, -0.2) is 11.6 Å². The maximum atomic E-state index is 11.8. The Morgan fingerprint density at radius 2 is 2.00 bits per heavy atom. The Labute approximate surface area is 106 Å². The lowest BCUT2D eigenvalue weighted by Crippen LogP contribution is -2.43. The zero-order valence-corrected chi connectivity index (χ0v) is 10.2. The number of nitrogens with one attached hydrogen (secondary N) is 1. The van der Waals surface area contributed by atoms with E-state index >= 15 is 0 Å². The average Bonchev–Trinajstić information content (AvgIpc) is 2.39. The monoisotopic (exact) mass is 243 g/mol. The summed E-state index contributed by atoms with van der Waals surface area (Å²) < 4.78 is 0. The van der Waals surface area contributed by atoms with E-state index in [1.54, 1.807) is 0 Å². The number of hydrogen-bond donors (Lipinski definition) is 2. The van der Waals surface area contributed by atoms with Gasteiger partial charge in [-0.1, -0.05) is 25.0 Å². The fourth-order valence-corrected chi connectivity index (χ4v) is 3.03. The van der Waals surface area contributed by atoms with E-state index < -0.39 is 0 Å². The number of amides is 1. The second-order valence-electron chi connectivity index (χ2n) is 5.10. The van der Waals surface area contributed by atoms with Crippen molar-refractivity contribution in [3.8, 4) is 0 Å². The maximum Gasteiger partial charge on any atom is 0.243 e. The van der Waals surface area contributed by atoms with Crippen LogP contribution in [0.1, 0.15) is 31.2 Å². The molecule has 1 amide bonds. The van der Waals surface area contributed by atoms with Crippen LogP contribution in [0.15, 0.2) is 29.4 Å². The van der Waals surface area contributed by atoms with Crippen LogP contribution < -0.4 is 11.2 Å². The van der Waals surface area contributed by atoms with Gasteiger partial charge in [-0.15, -0.1) is 0 Å². The first kappa shape index (κ1) is 11.3. The molecule has 2 unspecified atom stereocenters. The highest BCUT2D eigenvalue weighted by Crippen LogP contribution is 2.35. The van der Waals surface area contributed by atoms with Gasteiger partial charge in [0.05, 0.1) is 5.71 Å². The summed E-state index contributed by atoms with van der Waals surface area (Å²) in [6.45, 7) is 0. The number of hydrogen-bond acceptors (Lipinski definition) is 3. The summed E-state index contributed by atoms with van der Waals surface area (Å²) in [4.78, 5) is 11.8. The van der Waals surface area contributed by atoms with Crippen LogP contribution in [0.4, 0.5) is 5.69 Å². The van der Waals surface area contributed by atoms with Crippen LogP contribution in [0.25, 0.3) is 0 Å². The third-order valence-electron chi connectivity index (χ3n) is 3.92. The Morgan fingerprint density at radius 3 is 2.78 bits per heavy atom. The average molecular weight is 243 g/mol. The van der Waals surface area contributed by atoms with Gasteiger partial charge in [-0.3, -0.25) is 4.79 Å². The van der Waals surface area contributed by atoms with Gasteiger partial charge in [-0.2, -0.15) is 5.10 Å². The fourth-order valence-electron chi connectivity index (χ4n) is 3.03. The Bertz CT molecular complexity index is 510. The molecule has 4 heteroatoms. The zero-order chi connectivity index (χ0) is 12.5. The van der Waals surface area contributed by atoms with E-state index in [4.69, 9.17) is 5.73 Å². The minimum Gasteiger partial charge on any atom is -0.399 e. The summed E-state index contributed by atoms with van der Waals surface area (Å²) in [5.74, 6) is 0.425. The lowest BCUT2D eigenvalue weighted by atomic mass is 9.74. The molecule has 94 valence electrons. The predicted octanol–water partition coefficient (Wildman–Crippen LogP) is 1.91. The second kappa shape index (κ2) is 4.44. The molecule has 2 aliphatic rings. The van der Waals surface area contributed by atoms with Crippen molar-refractivity contribution in [3.63, 3.8) is 0 Å². The first-order chi connectivity index (χ1) is 8.75. The Morgan fingerprint density at radius 1 is 1.22 bits per heavy atom. The van der Waals surface area contributed by atoms with Crippen molar-refractivity contribution < 1.29 is 4.79 Å². The molecule has 1 aliphatic heterocycles. The van der Waals surface area contributed by atoms with Gasteiger partial charge in [0.2, 0.25) is 5.91 Å². The molecular formula is C14H17N3O. The lowest BCUT2D eigenvalue weighted by molar-refractivity contribution is -0.127. The van der Waals surface area contributed by atoms with Gasteiger partial charge in [-0.05, 0) is 25.0 Å². The molecule has 1 aromatic rings. The number of fused-ring (bicyclic) bond motifs is 1. The van der Waals surface area contributed by atoms with E-state index in [-0.39, 0.29) is 17.7 Å². The Hall–Kier alpha value is -1.84. The molecule has 1 fully saturated rings. The van der Waals surface area contributed by atoms with Crippen molar-refractivity contribution in [1.29, 1.82) is 0 Å². The fraction of sp³-hybridized carbons (Fsp3) is 0.429. The quantitative estimate of drug-likeness (QED) is 0.740. The molecule has 4 nitrogen and oxygen atoms in total. The molecule has 1 saturated carbocycles. The van der Waals surface area contributed by atoms with E-state index in [2.05, 4.69) is 10.5 Å². The van der Waals surface area contributed by atoms with Gasteiger partial charge in [0.15, 0.2) is 0 Å². The summed E-state index contributed by atoms with van der Waals surface area (Å²) in [7, 11) is 0. The predicted molar refractivity (Wildman–Crippen MR) is 71.0 cm³/mol. The molecule has 3 N–H and O–H groups in total. The summed E-state index contributed by atoms with van der Waals surface area (Å²) in [6, 6.07) is 7.74. The van der Waals surface area contributed by atoms with E-state index in [1.165, 1.54) is 6.42 Å². The van der Waals surface area contributed by atoms with Crippen molar-refractivity contribution in [2.45, 2.75) is 25.7 Å². The first-order valence-corrected chi connectivity index (χ1v) is 6.49. The van der Waals surface area contributed by atoms with Crippen molar-refractivity contribution >= 4 is 17.3 Å². The normalized spacial score (nSPS) is 27.1. The van der Waals surface area contributed by atoms with Crippen LogP contribution in [0.3, 0.4) is 0 Å². The highest BCUT2D eigenvalue weighted by Gasteiger charge is 2.37. The highest BCUT2D eigenvalue weighted by atomic mass is 16.2. The van der Waals surface area contributed by atoms with Crippen molar-refractivity contribution in [1.82, 2.24) is 5.43 Å². The van der Waals surface area contributed by atoms with E-state index in [0.29, 0.717) is 0 Å². The first-order valence-electron chi connectivity index (χ1n) is 6.49. The molecule has 3 rings (SSSR count). The number of hydrazone groups is 1. The Kier molecular flexibility index (Phi) is 2.78. The van der Waals surface area contributed by atoms with Crippen LogP contribution in [0.2, 0.25) is 0 Å². The van der Waals surface area contributed by atoms with E-state index in [0.717, 1.165) is 36.2 Å². The minimum absolute atomic E-state index is 0.0763. The number of anilines is 1. The number of carbonyl (C=O) groups is 1. The number of rotatable bonds is 1. The third-order valence-corrected chi connectivity index (χ3v) is 3.92. The number of nitrogens with two attached hydrogens (primary N) is 1. The van der Waals surface area contributed by atoms with E-state index in [9.17, 15) is 4.79 Å². The van der Waals surface area contributed by atoms with Gasteiger partial charge >= 0.3 is 0 Å². The molecule has 1 aromatic carbocycles. The zero-order valence-electron chi connectivity index (χ0n) is 10.2. The number of nitrogen functional groups attached to an aromatic ring is 1. The maximum absolute atomic E-state index is 11.8. The SMILES string of the molecule is Nc1cccc(C2=NNC(=O)C3CCCCC23)c1. The smallest absolute Gasteiger partial charge is 0.243 e. The summed E-state index contributed by atoms with van der Waals surface area (Å²) >= 11 is 0. The lowest BCUT2D eigenvalue weighted by Gasteiger charge is -2.34. The van der Waals surface area contributed by atoms with Gasteiger partial charge in [0, 0.05) is 23.1 Å². The molecule has 0 radical (unpaired) electrons. The van der Waals surface area contributed by atoms with Crippen molar-refractivity contribution in [3.05, 3.63) is 29.8 Å². The van der Waals surface area contributed by atoms with Gasteiger partial charge in [-0.25, -0.2) is 5.43 Å². The molecule has 0 aromatic heterocycles. The molecule has 1 aliphatic carbocycles. The van der Waals surface area contributed by atoms with Crippen molar-refractivity contribution in [2.75, 3.05) is 5.73 Å². The molecule has 2 atom stereocenters.